The maximum absolute atomic E-state index is 12.5. The third-order valence-corrected chi connectivity index (χ3v) is 7.54. The largest absolute Gasteiger partial charge is 0.490 e. The molecule has 4 aromatic rings. The van der Waals surface area contributed by atoms with Gasteiger partial charge in [-0.1, -0.05) is 60.1 Å². The summed E-state index contributed by atoms with van der Waals surface area (Å²) in [6.07, 6.45) is 0.424. The number of hydrazone groups is 1. The van der Waals surface area contributed by atoms with Gasteiger partial charge in [0, 0.05) is 16.3 Å². The number of carbonyl (C=O) groups excluding carboxylic acids is 2. The zero-order valence-corrected chi connectivity index (χ0v) is 26.8. The number of benzene rings is 4. The molecule has 0 aliphatic carbocycles. The van der Waals surface area contributed by atoms with Crippen LogP contribution >= 0.6 is 11.6 Å². The average Bonchev–Trinajstić information content (AvgIpc) is 3.06. The predicted octanol–water partition coefficient (Wildman–Crippen LogP) is 5.59. The number of allylic oxidation sites excluding steroid dienone is 1. The first-order chi connectivity index (χ1) is 22.8. The van der Waals surface area contributed by atoms with Crippen LogP contribution in [-0.2, 0) is 16.1 Å². The Kier molecular flexibility index (Phi) is 10.8. The minimum atomic E-state index is -1.17. The molecule has 0 spiro atoms. The van der Waals surface area contributed by atoms with Gasteiger partial charge in [0.25, 0.3) is 0 Å². The Balaban J connectivity index is 1.28. The highest BCUT2D eigenvalue weighted by atomic mass is 35.5. The highest BCUT2D eigenvalue weighted by Gasteiger charge is 2.32. The summed E-state index contributed by atoms with van der Waals surface area (Å²) >= 11 is 6.13. The number of carbonyl (C=O) groups is 2. The van der Waals surface area contributed by atoms with Gasteiger partial charge in [0.15, 0.2) is 17.7 Å². The van der Waals surface area contributed by atoms with E-state index < -0.39 is 24.3 Å². The summed E-state index contributed by atoms with van der Waals surface area (Å²) in [5, 5.41) is 22.9. The number of fused-ring (bicyclic) bond motifs is 1. The van der Waals surface area contributed by atoms with Crippen LogP contribution in [-0.4, -0.2) is 49.9 Å². The van der Waals surface area contributed by atoms with Crippen LogP contribution in [0.3, 0.4) is 0 Å². The van der Waals surface area contributed by atoms with E-state index in [1.165, 1.54) is 7.11 Å². The first-order valence-corrected chi connectivity index (χ1v) is 15.3. The van der Waals surface area contributed by atoms with E-state index in [1.807, 2.05) is 67.6 Å². The normalized spacial score (nSPS) is 15.2. The fraction of sp³-hybridized carbons (Fsp3) is 0.229. The van der Waals surface area contributed by atoms with Crippen LogP contribution in [0.1, 0.15) is 36.6 Å². The molecule has 244 valence electrons. The lowest BCUT2D eigenvalue weighted by atomic mass is 9.95. The van der Waals surface area contributed by atoms with Crippen molar-refractivity contribution in [2.75, 3.05) is 20.3 Å². The first kappa shape index (κ1) is 33.1. The quantitative estimate of drug-likeness (QED) is 0.0631. The molecule has 2 amide bonds. The monoisotopic (exact) mass is 658 g/mol. The number of ether oxygens (including phenoxy) is 4. The molecule has 1 heterocycles. The second-order valence-electron chi connectivity index (χ2n) is 10.5. The van der Waals surface area contributed by atoms with E-state index in [2.05, 4.69) is 21.2 Å². The molecule has 0 unspecified atom stereocenters. The van der Waals surface area contributed by atoms with Gasteiger partial charge in [-0.3, -0.25) is 5.43 Å². The molecule has 47 heavy (non-hydrogen) atoms. The van der Waals surface area contributed by atoms with E-state index in [9.17, 15) is 14.7 Å². The molecule has 1 aliphatic heterocycles. The molecule has 0 bridgehead atoms. The lowest BCUT2D eigenvalue weighted by molar-refractivity contribution is -0.136. The number of nitrogens with zero attached hydrogens (tertiary/aromatic N) is 1. The van der Waals surface area contributed by atoms with Crippen LogP contribution < -0.4 is 30.3 Å². The maximum atomic E-state index is 12.5. The molecule has 0 saturated carbocycles. The van der Waals surface area contributed by atoms with Crippen molar-refractivity contribution in [1.82, 2.24) is 16.1 Å². The molecule has 1 aliphatic rings. The minimum absolute atomic E-state index is 0.166. The van der Waals surface area contributed by atoms with Gasteiger partial charge < -0.3 is 34.7 Å². The second kappa shape index (κ2) is 15.4. The third-order valence-electron chi connectivity index (χ3n) is 7.30. The first-order valence-electron chi connectivity index (χ1n) is 14.9. The number of methoxy groups -OCH3 is 1. The summed E-state index contributed by atoms with van der Waals surface area (Å²) in [6.45, 7) is 3.92. The van der Waals surface area contributed by atoms with Crippen LogP contribution in [0.15, 0.2) is 95.2 Å². The molecule has 0 aromatic heterocycles. The van der Waals surface area contributed by atoms with E-state index >= 15 is 0 Å². The lowest BCUT2D eigenvalue weighted by Gasteiger charge is -2.28. The summed E-state index contributed by atoms with van der Waals surface area (Å²) in [5.41, 5.74) is 5.60. The van der Waals surface area contributed by atoms with E-state index in [4.69, 9.17) is 30.5 Å². The van der Waals surface area contributed by atoms with E-state index in [0.29, 0.717) is 46.7 Å². The number of hydrogen-bond acceptors (Lipinski definition) is 9. The van der Waals surface area contributed by atoms with Gasteiger partial charge >= 0.3 is 12.0 Å². The van der Waals surface area contributed by atoms with Crippen LogP contribution in [0.25, 0.3) is 10.8 Å². The highest BCUT2D eigenvalue weighted by Crippen LogP contribution is 2.35. The Hall–Kier alpha value is -5.26. The van der Waals surface area contributed by atoms with Crippen LogP contribution in [0.4, 0.5) is 4.79 Å². The molecule has 4 N–H and O–H groups in total. The van der Waals surface area contributed by atoms with Crippen molar-refractivity contribution in [3.63, 3.8) is 0 Å². The lowest BCUT2D eigenvalue weighted by Crippen LogP contribution is -2.45. The number of urea groups is 1. The van der Waals surface area contributed by atoms with E-state index in [-0.39, 0.29) is 12.2 Å². The zero-order valence-electron chi connectivity index (χ0n) is 26.1. The zero-order chi connectivity index (χ0) is 33.3. The number of aliphatic hydroxyl groups is 1. The Morgan fingerprint density at radius 1 is 1.02 bits per heavy atom. The van der Waals surface area contributed by atoms with Crippen molar-refractivity contribution in [3.8, 4) is 17.2 Å². The minimum Gasteiger partial charge on any atom is -0.490 e. The van der Waals surface area contributed by atoms with Crippen molar-refractivity contribution >= 4 is 40.6 Å². The Morgan fingerprint density at radius 2 is 1.83 bits per heavy atom. The van der Waals surface area contributed by atoms with E-state index in [0.717, 1.165) is 21.9 Å². The molecule has 5 rings (SSSR count). The van der Waals surface area contributed by atoms with Crippen molar-refractivity contribution in [1.29, 1.82) is 0 Å². The average molecular weight is 659 g/mol. The number of nitrogens with one attached hydrogen (secondary N) is 3. The van der Waals surface area contributed by atoms with Crippen molar-refractivity contribution in [2.24, 2.45) is 5.10 Å². The Labute approximate surface area is 277 Å². The van der Waals surface area contributed by atoms with Crippen LogP contribution in [0.5, 0.6) is 17.2 Å². The number of halogens is 1. The summed E-state index contributed by atoms with van der Waals surface area (Å²) in [6, 6.07) is 23.0. The van der Waals surface area contributed by atoms with Crippen molar-refractivity contribution in [2.45, 2.75) is 32.7 Å². The molecule has 0 saturated heterocycles. The molecular weight excluding hydrogens is 624 g/mol. The van der Waals surface area contributed by atoms with Crippen molar-refractivity contribution in [3.05, 3.63) is 112 Å². The summed E-state index contributed by atoms with van der Waals surface area (Å²) in [5.74, 6) is 0.766. The Morgan fingerprint density at radius 3 is 2.62 bits per heavy atom. The highest BCUT2D eigenvalue weighted by molar-refractivity contribution is 6.30. The number of amides is 2. The Bertz CT molecular complexity index is 1830. The van der Waals surface area contributed by atoms with Gasteiger partial charge in [0.05, 0.1) is 31.5 Å². The smallest absolute Gasteiger partial charge is 0.337 e. The second-order valence-corrected chi connectivity index (χ2v) is 11.0. The predicted molar refractivity (Wildman–Crippen MR) is 179 cm³/mol. The summed E-state index contributed by atoms with van der Waals surface area (Å²) in [4.78, 5) is 24.7. The van der Waals surface area contributed by atoms with Gasteiger partial charge in [-0.05, 0) is 66.1 Å². The van der Waals surface area contributed by atoms with Gasteiger partial charge in [0.1, 0.15) is 19.0 Å². The number of esters is 1. The fourth-order valence-electron chi connectivity index (χ4n) is 5.13. The molecule has 4 aromatic carbocycles. The van der Waals surface area contributed by atoms with E-state index in [1.54, 1.807) is 31.3 Å². The van der Waals surface area contributed by atoms with Crippen LogP contribution in [0.2, 0.25) is 5.02 Å². The molecule has 12 heteroatoms. The summed E-state index contributed by atoms with van der Waals surface area (Å²) < 4.78 is 22.7. The van der Waals surface area contributed by atoms with Crippen LogP contribution in [0, 0.1) is 0 Å². The molecule has 0 radical (unpaired) electrons. The van der Waals surface area contributed by atoms with Crippen molar-refractivity contribution < 1.29 is 33.6 Å². The number of aliphatic hydroxyl groups excluding tert-OH is 1. The number of hydrogen-bond donors (Lipinski definition) is 4. The standard InChI is InChI=1S/C35H35ClN4O7/c1-4-45-30-17-24(33-32(34(42)44-3)21(2)38-35(43)39-33)13-15-29(30)47-20-31(41)40-37-18-27-26-11-6-5-9-23(26)12-14-28(27)46-19-22-8-7-10-25(36)16-22/h5-18,31,33,40-41H,4,19-20H2,1-3H3,(H2,38,39,43)/b37-18+/t31-,33+/m0/s1. The molecule has 11 nitrogen and oxygen atoms in total. The van der Waals surface area contributed by atoms with Gasteiger partial charge in [-0.25, -0.2) is 9.59 Å². The topological polar surface area (TPSA) is 140 Å². The molecule has 2 atom stereocenters. The maximum Gasteiger partial charge on any atom is 0.337 e. The summed E-state index contributed by atoms with van der Waals surface area (Å²) in [7, 11) is 1.28. The SMILES string of the molecule is CCOc1cc([C@H]2NC(=O)NC(C)=C2C(=O)OC)ccc1OC[C@H](O)N/N=C/c1c(OCc2cccc(Cl)c2)ccc2ccccc12. The fourth-order valence-corrected chi connectivity index (χ4v) is 5.35. The van der Waals surface area contributed by atoms with Gasteiger partial charge in [-0.15, -0.1) is 0 Å². The molecule has 0 fully saturated rings. The molecular formula is C35H35ClN4O7. The number of rotatable bonds is 13. The van der Waals surface area contributed by atoms with Gasteiger partial charge in [-0.2, -0.15) is 5.10 Å². The third kappa shape index (κ3) is 8.13. The van der Waals surface area contributed by atoms with Gasteiger partial charge in [0.2, 0.25) is 0 Å².